The molecule has 12 radical (unpaired) electrons. The van der Waals surface area contributed by atoms with Crippen LogP contribution in [-0.2, 0) is 17.8 Å². The first kappa shape index (κ1) is 30.7. The number of hydrogen-bond donors (Lipinski definition) is 1. The highest BCUT2D eigenvalue weighted by molar-refractivity contribution is 7.78. The van der Waals surface area contributed by atoms with E-state index in [1.807, 2.05) is 6.07 Å². The van der Waals surface area contributed by atoms with Crippen LogP contribution in [0.3, 0.4) is 0 Å². The van der Waals surface area contributed by atoms with Crippen molar-refractivity contribution in [2.45, 2.75) is 30.6 Å². The van der Waals surface area contributed by atoms with E-state index in [0.29, 0.717) is 42.0 Å². The van der Waals surface area contributed by atoms with Crippen LogP contribution in [0.2, 0.25) is 0 Å². The van der Waals surface area contributed by atoms with Gasteiger partial charge < -0.3 is 14.2 Å². The van der Waals surface area contributed by atoms with Gasteiger partial charge in [0, 0.05) is 55.1 Å². The Morgan fingerprint density at radius 1 is 1.00 bits per heavy atom. The number of rotatable bonds is 8. The highest BCUT2D eigenvalue weighted by atomic mass is 32.1. The van der Waals surface area contributed by atoms with Gasteiger partial charge in [-0.2, -0.15) is 0 Å². The minimum atomic E-state index is -2.37. The third-order valence-electron chi connectivity index (χ3n) is 6.75. The van der Waals surface area contributed by atoms with Crippen molar-refractivity contribution in [3.63, 3.8) is 0 Å². The van der Waals surface area contributed by atoms with E-state index < -0.39 is 45.5 Å². The highest BCUT2D eigenvalue weighted by Crippen LogP contribution is 2.43. The molecule has 2 aliphatic heterocycles. The lowest BCUT2D eigenvalue weighted by Crippen LogP contribution is -2.48. The number of carbonyl (C=O) groups excluding carboxylic acids is 1. The monoisotopic (exact) mass is 579 g/mol. The van der Waals surface area contributed by atoms with Crippen LogP contribution in [0.25, 0.3) is 11.0 Å². The van der Waals surface area contributed by atoms with E-state index in [2.05, 4.69) is 22.7 Å². The molecule has 2 aromatic heterocycles. The van der Waals surface area contributed by atoms with Crippen molar-refractivity contribution in [3.8, 4) is 11.5 Å². The van der Waals surface area contributed by atoms with Crippen LogP contribution in [0.5, 0.6) is 11.5 Å². The van der Waals surface area contributed by atoms with Crippen LogP contribution in [0.15, 0.2) is 18.3 Å². The van der Waals surface area contributed by atoms with Gasteiger partial charge in [0.25, 0.3) is 0 Å². The van der Waals surface area contributed by atoms with Gasteiger partial charge in [-0.05, 0) is 23.6 Å². The Hall–Kier alpha value is -2.70. The summed E-state index contributed by atoms with van der Waals surface area (Å²) in [4.78, 5) is 22.9. The fourth-order valence-corrected chi connectivity index (χ4v) is 5.32. The maximum Gasteiger partial charge on any atom is 0.329 e. The number of thiol groups is 1. The first-order valence-electron chi connectivity index (χ1n) is 12.9. The summed E-state index contributed by atoms with van der Waals surface area (Å²) in [6.45, 7) is 4.97. The van der Waals surface area contributed by atoms with Crippen molar-refractivity contribution < 1.29 is 27.8 Å². The number of urea groups is 1. The van der Waals surface area contributed by atoms with E-state index >= 15 is 8.78 Å². The zero-order chi connectivity index (χ0) is 30.6. The first-order valence-corrected chi connectivity index (χ1v) is 13.3. The molecule has 0 spiro atoms. The lowest BCUT2D eigenvalue weighted by atomic mass is 9.52. The average Bonchev–Trinajstić information content (AvgIpc) is 3.21. The number of hydrogen-bond acceptors (Lipinski definition) is 7. The Kier molecular flexibility index (Phi) is 8.36. The molecule has 204 valence electrons. The molecule has 0 saturated carbocycles. The summed E-state index contributed by atoms with van der Waals surface area (Å²) in [7, 11) is 32.9. The number of nitrogens with zero attached hydrogens (tertiary/aromatic N) is 5. The number of anilines is 2. The Morgan fingerprint density at radius 2 is 1.60 bits per heavy atom. The van der Waals surface area contributed by atoms with Gasteiger partial charge >= 0.3 is 6.03 Å². The summed E-state index contributed by atoms with van der Waals surface area (Å²) in [5.74, 6) is -4.15. The van der Waals surface area contributed by atoms with Crippen LogP contribution in [0, 0.1) is 11.6 Å². The maximum atomic E-state index is 15.8. The molecule has 1 aromatic carbocycles. The summed E-state index contributed by atoms with van der Waals surface area (Å²) in [5, 5.41) is -4.09. The van der Waals surface area contributed by atoms with Gasteiger partial charge in [0.2, 0.25) is 0 Å². The van der Waals surface area contributed by atoms with Gasteiger partial charge in [0.05, 0.1) is 25.4 Å². The van der Waals surface area contributed by atoms with Crippen molar-refractivity contribution in [2.24, 2.45) is 0 Å². The predicted octanol–water partition coefficient (Wildman–Crippen LogP) is 0.797. The minimum Gasteiger partial charge on any atom is -0.513 e. The molecule has 1 fully saturated rings. The molecule has 1 saturated heterocycles. The number of aromatic nitrogens is 2. The maximum absolute atomic E-state index is 15.8. The number of carbonyl (C=O) groups is 1. The van der Waals surface area contributed by atoms with Gasteiger partial charge in [0.1, 0.15) is 52.8 Å². The third-order valence-corrected chi connectivity index (χ3v) is 7.19. The van der Waals surface area contributed by atoms with Crippen LogP contribution >= 0.6 is 12.8 Å². The number of morpholine rings is 1. The van der Waals surface area contributed by atoms with E-state index in [4.69, 9.17) is 61.3 Å². The number of pyridine rings is 1. The summed E-state index contributed by atoms with van der Waals surface area (Å²) >= 11 is 4.65. The average molecular weight is 578 g/mol. The van der Waals surface area contributed by atoms with Gasteiger partial charge in [-0.1, -0.05) is 12.8 Å². The predicted molar refractivity (Wildman–Crippen MR) is 162 cm³/mol. The molecule has 0 unspecified atom stereocenters. The largest absolute Gasteiger partial charge is 0.513 e. The molecule has 4 heterocycles. The normalized spacial score (nSPS) is 16.6. The van der Waals surface area contributed by atoms with Crippen molar-refractivity contribution in [1.29, 1.82) is 0 Å². The van der Waals surface area contributed by atoms with E-state index in [0.717, 1.165) is 29.7 Å². The molecule has 2 aliphatic rings. The summed E-state index contributed by atoms with van der Waals surface area (Å²) in [6, 6.07) is 1.88. The van der Waals surface area contributed by atoms with E-state index in [9.17, 15) is 4.79 Å². The summed E-state index contributed by atoms with van der Waals surface area (Å²) in [5.41, 5.74) is 1.57. The van der Waals surface area contributed by atoms with Gasteiger partial charge in [0.15, 0.2) is 28.8 Å². The van der Waals surface area contributed by atoms with Crippen molar-refractivity contribution in [2.75, 3.05) is 42.6 Å². The highest BCUT2D eigenvalue weighted by Gasteiger charge is 2.38. The van der Waals surface area contributed by atoms with E-state index in [1.165, 1.54) is 11.1 Å². The second kappa shape index (κ2) is 11.4. The van der Waals surface area contributed by atoms with Crippen molar-refractivity contribution >= 4 is 88.3 Å². The van der Waals surface area contributed by atoms with Gasteiger partial charge in [-0.3, -0.25) is 18.7 Å². The number of benzene rings is 1. The zero-order valence-electron chi connectivity index (χ0n) is 22.7. The molecule has 3 aromatic rings. The molecule has 0 bridgehead atoms. The Labute approximate surface area is 255 Å². The van der Waals surface area contributed by atoms with Gasteiger partial charge in [-0.25, -0.2) is 18.6 Å². The number of fused-ring (bicyclic) bond motifs is 3. The smallest absolute Gasteiger partial charge is 0.329 e. The lowest BCUT2D eigenvalue weighted by molar-refractivity contribution is 0.0336. The van der Waals surface area contributed by atoms with Crippen LogP contribution in [0.4, 0.5) is 25.0 Å². The fourth-order valence-electron chi connectivity index (χ4n) is 5.04. The standard InChI is InChI=1S/C24H21B6F2N5O4S/c1-2-35-19-12(9-33-21-14(19)7-13(37(21)42)11-34-3-5-39-6-4-34)10-36(22(35)38)20-17(31)15(40-23(25,26)27)8-16(18(20)32)41-24(28,29)30/h7-9,42H,2-6,10-11H2,1H3. The molecule has 2 amide bonds. The first-order chi connectivity index (χ1) is 19.7. The van der Waals surface area contributed by atoms with Crippen molar-refractivity contribution in [1.82, 2.24) is 13.9 Å². The molecule has 9 nitrogen and oxygen atoms in total. The molecule has 5 rings (SSSR count). The van der Waals surface area contributed by atoms with Crippen LogP contribution < -0.4 is 19.3 Å². The molecule has 0 atom stereocenters. The summed E-state index contributed by atoms with van der Waals surface area (Å²) < 4.78 is 48.9. The molecule has 0 aliphatic carbocycles. The second-order valence-electron chi connectivity index (χ2n) is 10.1. The van der Waals surface area contributed by atoms with Gasteiger partial charge in [-0.15, -0.1) is 0 Å². The quantitative estimate of drug-likeness (QED) is 0.315. The SMILES string of the molecule is [B]C([B])([B])Oc1cc(OC([B])([B])[B])c(F)c(N2Cc3cnc4c(cc(CN5CCOCC5)n4S)c3N(CC)C2=O)c1F. The van der Waals surface area contributed by atoms with Crippen LogP contribution in [-0.4, -0.2) is 110 Å². The second-order valence-corrected chi connectivity index (χ2v) is 10.5. The fraction of sp³-hybridized carbons (Fsp3) is 0.417. The number of amides is 2. The van der Waals surface area contributed by atoms with Crippen molar-refractivity contribution in [3.05, 3.63) is 41.2 Å². The number of halogens is 2. The molecule has 42 heavy (non-hydrogen) atoms. The zero-order valence-corrected chi connectivity index (χ0v) is 23.6. The van der Waals surface area contributed by atoms with E-state index in [1.54, 1.807) is 10.9 Å². The topological polar surface area (TPSA) is 72.3 Å². The molecular formula is C24H21B6F2N5O4S. The Morgan fingerprint density at radius 3 is 2.14 bits per heavy atom. The Bertz CT molecular complexity index is 1490. The number of ether oxygens (including phenoxy) is 3. The summed E-state index contributed by atoms with van der Waals surface area (Å²) in [6.07, 6.45) is 1.52. The van der Waals surface area contributed by atoms with Crippen LogP contribution in [0.1, 0.15) is 18.2 Å². The Balaban J connectivity index is 1.61. The molecule has 18 heteroatoms. The minimum absolute atomic E-state index is 0.149. The third kappa shape index (κ3) is 6.03. The molecular weight excluding hydrogens is 557 g/mol. The molecule has 0 N–H and O–H groups in total. The lowest BCUT2D eigenvalue weighted by Gasteiger charge is -2.37. The van der Waals surface area contributed by atoms with E-state index in [-0.39, 0.29) is 13.1 Å².